The van der Waals surface area contributed by atoms with Gasteiger partial charge in [0.05, 0.1) is 12.7 Å². The quantitative estimate of drug-likeness (QED) is 0.924. The van der Waals surface area contributed by atoms with Crippen molar-refractivity contribution in [2.75, 3.05) is 7.11 Å². The van der Waals surface area contributed by atoms with Crippen LogP contribution in [0, 0.1) is 11.6 Å². The van der Waals surface area contributed by atoms with E-state index in [9.17, 15) is 13.6 Å². The van der Waals surface area contributed by atoms with Crippen LogP contribution in [0.25, 0.3) is 11.1 Å². The lowest BCUT2D eigenvalue weighted by Gasteiger charge is -2.09. The zero-order valence-corrected chi connectivity index (χ0v) is 9.98. The molecular weight excluding hydrogens is 254 g/mol. The average Bonchev–Trinajstić information content (AvgIpc) is 2.38. The predicted molar refractivity (Wildman–Crippen MR) is 65.3 cm³/mol. The van der Waals surface area contributed by atoms with Crippen LogP contribution in [0.4, 0.5) is 8.78 Å². The van der Waals surface area contributed by atoms with E-state index in [2.05, 4.69) is 0 Å². The van der Waals surface area contributed by atoms with Crippen molar-refractivity contribution in [3.8, 4) is 16.9 Å². The lowest BCUT2D eigenvalue weighted by molar-refractivity contribution is 0.0697. The van der Waals surface area contributed by atoms with Gasteiger partial charge in [-0.1, -0.05) is 6.07 Å². The molecule has 0 fully saturated rings. The van der Waals surface area contributed by atoms with Gasteiger partial charge in [0, 0.05) is 0 Å². The first-order chi connectivity index (χ1) is 9.02. The topological polar surface area (TPSA) is 46.5 Å². The number of benzene rings is 2. The fraction of sp³-hybridized carbons (Fsp3) is 0.0714. The molecule has 0 unspecified atom stereocenters. The number of methoxy groups -OCH3 is 1. The van der Waals surface area contributed by atoms with Crippen LogP contribution >= 0.6 is 0 Å². The molecule has 3 nitrogen and oxygen atoms in total. The molecule has 0 saturated heterocycles. The van der Waals surface area contributed by atoms with E-state index in [1.165, 1.54) is 25.3 Å². The molecule has 0 aliphatic heterocycles. The van der Waals surface area contributed by atoms with Crippen LogP contribution in [0.3, 0.4) is 0 Å². The van der Waals surface area contributed by atoms with Crippen molar-refractivity contribution < 1.29 is 23.4 Å². The highest BCUT2D eigenvalue weighted by Crippen LogP contribution is 2.29. The Hall–Kier alpha value is -2.43. The van der Waals surface area contributed by atoms with Crippen molar-refractivity contribution in [2.45, 2.75) is 0 Å². The minimum absolute atomic E-state index is 0.0295. The monoisotopic (exact) mass is 264 g/mol. The molecule has 0 aliphatic carbocycles. The first-order valence-electron chi connectivity index (χ1n) is 5.39. The molecule has 98 valence electrons. The molecule has 0 amide bonds. The fourth-order valence-corrected chi connectivity index (χ4v) is 1.77. The fourth-order valence-electron chi connectivity index (χ4n) is 1.77. The first-order valence-corrected chi connectivity index (χ1v) is 5.39. The van der Waals surface area contributed by atoms with E-state index in [4.69, 9.17) is 9.84 Å². The minimum atomic E-state index is -1.18. The number of carboxylic acid groups (broad SMARTS) is 1. The zero-order valence-electron chi connectivity index (χ0n) is 9.98. The van der Waals surface area contributed by atoms with Gasteiger partial charge in [-0.2, -0.15) is 0 Å². The Labute approximate surface area is 108 Å². The number of hydrogen-bond donors (Lipinski definition) is 1. The van der Waals surface area contributed by atoms with Crippen LogP contribution in [0.2, 0.25) is 0 Å². The van der Waals surface area contributed by atoms with Crippen molar-refractivity contribution in [2.24, 2.45) is 0 Å². The summed E-state index contributed by atoms with van der Waals surface area (Å²) in [6, 6.07) is 7.17. The molecule has 0 heterocycles. The van der Waals surface area contributed by atoms with Gasteiger partial charge in [0.25, 0.3) is 0 Å². The number of aromatic carboxylic acids is 1. The Bertz CT molecular complexity index is 639. The van der Waals surface area contributed by atoms with E-state index in [0.29, 0.717) is 5.56 Å². The van der Waals surface area contributed by atoms with Gasteiger partial charge in [-0.15, -0.1) is 0 Å². The molecule has 2 aromatic carbocycles. The van der Waals surface area contributed by atoms with E-state index in [1.54, 1.807) is 0 Å². The van der Waals surface area contributed by atoms with E-state index in [0.717, 1.165) is 18.2 Å². The molecule has 0 aliphatic rings. The number of carbonyl (C=O) groups is 1. The number of ether oxygens (including phenoxy) is 1. The van der Waals surface area contributed by atoms with Crippen molar-refractivity contribution in [1.29, 1.82) is 0 Å². The maximum Gasteiger partial charge on any atom is 0.336 e. The largest absolute Gasteiger partial charge is 0.494 e. The summed E-state index contributed by atoms with van der Waals surface area (Å²) in [5.74, 6) is -2.35. The highest BCUT2D eigenvalue weighted by molar-refractivity contribution is 5.96. The molecule has 2 aromatic rings. The first kappa shape index (κ1) is 13.0. The van der Waals surface area contributed by atoms with Gasteiger partial charge in [-0.25, -0.2) is 13.6 Å². The second-order valence-electron chi connectivity index (χ2n) is 3.84. The maximum absolute atomic E-state index is 13.3. The molecule has 1 N–H and O–H groups in total. The van der Waals surface area contributed by atoms with Gasteiger partial charge in [0.2, 0.25) is 0 Å². The Balaban J connectivity index is 2.64. The second-order valence-corrected chi connectivity index (χ2v) is 3.84. The lowest BCUT2D eigenvalue weighted by atomic mass is 9.99. The van der Waals surface area contributed by atoms with Crippen LogP contribution in [0.5, 0.6) is 5.75 Å². The summed E-state index contributed by atoms with van der Waals surface area (Å²) in [4.78, 5) is 11.1. The smallest absolute Gasteiger partial charge is 0.336 e. The third kappa shape index (κ3) is 2.54. The van der Waals surface area contributed by atoms with Gasteiger partial charge >= 0.3 is 5.97 Å². The van der Waals surface area contributed by atoms with Crippen molar-refractivity contribution in [1.82, 2.24) is 0 Å². The summed E-state index contributed by atoms with van der Waals surface area (Å²) in [6.07, 6.45) is 0. The molecular formula is C14H10F2O3. The van der Waals surface area contributed by atoms with Crippen LogP contribution in [0.1, 0.15) is 10.4 Å². The SMILES string of the molecule is COc1cc(-c2cc(F)ccc2C(=O)O)ccc1F. The van der Waals surface area contributed by atoms with E-state index >= 15 is 0 Å². The third-order valence-corrected chi connectivity index (χ3v) is 2.67. The third-order valence-electron chi connectivity index (χ3n) is 2.67. The highest BCUT2D eigenvalue weighted by atomic mass is 19.1. The predicted octanol–water partition coefficient (Wildman–Crippen LogP) is 3.34. The van der Waals surface area contributed by atoms with Crippen LogP contribution in [-0.4, -0.2) is 18.2 Å². The van der Waals surface area contributed by atoms with Gasteiger partial charge in [0.15, 0.2) is 11.6 Å². The van der Waals surface area contributed by atoms with Crippen LogP contribution in [-0.2, 0) is 0 Å². The molecule has 0 spiro atoms. The minimum Gasteiger partial charge on any atom is -0.494 e. The van der Waals surface area contributed by atoms with E-state index in [1.807, 2.05) is 0 Å². The van der Waals surface area contributed by atoms with Gasteiger partial charge in [-0.05, 0) is 41.5 Å². The summed E-state index contributed by atoms with van der Waals surface area (Å²) >= 11 is 0. The highest BCUT2D eigenvalue weighted by Gasteiger charge is 2.14. The van der Waals surface area contributed by atoms with E-state index in [-0.39, 0.29) is 16.9 Å². The molecule has 0 atom stereocenters. The van der Waals surface area contributed by atoms with E-state index < -0.39 is 17.6 Å². The second kappa shape index (κ2) is 5.06. The maximum atomic E-state index is 13.3. The van der Waals surface area contributed by atoms with Gasteiger partial charge in [0.1, 0.15) is 5.82 Å². The Morgan fingerprint density at radius 1 is 1.16 bits per heavy atom. The number of halogens is 2. The van der Waals surface area contributed by atoms with Gasteiger partial charge < -0.3 is 9.84 Å². The number of hydrogen-bond acceptors (Lipinski definition) is 2. The standard InChI is InChI=1S/C14H10F2O3/c1-19-13-6-8(2-5-12(13)16)11-7-9(15)3-4-10(11)14(17)18/h2-7H,1H3,(H,17,18). The van der Waals surface area contributed by atoms with Crippen molar-refractivity contribution in [3.63, 3.8) is 0 Å². The molecule has 0 radical (unpaired) electrons. The van der Waals surface area contributed by atoms with Gasteiger partial charge in [-0.3, -0.25) is 0 Å². The normalized spacial score (nSPS) is 10.3. The van der Waals surface area contributed by atoms with Crippen molar-refractivity contribution in [3.05, 3.63) is 53.6 Å². The average molecular weight is 264 g/mol. The number of rotatable bonds is 3. The summed E-state index contributed by atoms with van der Waals surface area (Å²) in [5.41, 5.74) is 0.482. The summed E-state index contributed by atoms with van der Waals surface area (Å²) in [6.45, 7) is 0. The summed E-state index contributed by atoms with van der Waals surface area (Å²) in [7, 11) is 1.30. The molecule has 0 saturated carbocycles. The summed E-state index contributed by atoms with van der Waals surface area (Å²) < 4.78 is 31.4. The van der Waals surface area contributed by atoms with Crippen molar-refractivity contribution >= 4 is 5.97 Å². The summed E-state index contributed by atoms with van der Waals surface area (Å²) in [5, 5.41) is 9.07. The molecule has 5 heteroatoms. The Morgan fingerprint density at radius 3 is 2.53 bits per heavy atom. The Morgan fingerprint density at radius 2 is 1.89 bits per heavy atom. The molecule has 2 rings (SSSR count). The molecule has 0 aromatic heterocycles. The lowest BCUT2D eigenvalue weighted by Crippen LogP contribution is -2.00. The Kier molecular flexibility index (Phi) is 3.46. The van der Waals surface area contributed by atoms with Crippen LogP contribution in [0.15, 0.2) is 36.4 Å². The number of carboxylic acids is 1. The molecule has 0 bridgehead atoms. The zero-order chi connectivity index (χ0) is 14.0. The van der Waals surface area contributed by atoms with Crippen LogP contribution < -0.4 is 4.74 Å². The molecule has 19 heavy (non-hydrogen) atoms.